The average Bonchev–Trinajstić information content (AvgIpc) is 3.36. The Morgan fingerprint density at radius 2 is 1.73 bits per heavy atom. The lowest BCUT2D eigenvalue weighted by Gasteiger charge is -2.24. The molecule has 1 N–H and O–H groups in total. The Bertz CT molecular complexity index is 1010. The largest absolute Gasteiger partial charge is 0.493 e. The highest BCUT2D eigenvalue weighted by molar-refractivity contribution is 7.92. The van der Waals surface area contributed by atoms with E-state index in [1.165, 1.54) is 45.3 Å². The third-order valence-corrected chi connectivity index (χ3v) is 7.34. The van der Waals surface area contributed by atoms with Gasteiger partial charge in [0.2, 0.25) is 5.91 Å². The molecule has 1 aliphatic rings. The number of hydrogen-bond acceptors (Lipinski definition) is 6. The summed E-state index contributed by atoms with van der Waals surface area (Å²) in [6.45, 7) is 0.659. The number of anilines is 1. The number of hydrogen-bond donors (Lipinski definition) is 1. The standard InChI is InChI=1S/C24H32N2O6S/c1-30-22-14-13-21(17-23(22)31-2)33(28,29)26(19-9-4-3-5-10-19)18-24(27)25-15-8-16-32-20-11-6-7-12-20/h3-5,9-10,13-14,17,20H,6-8,11-12,15-16,18H2,1-2H3,(H,25,27). The lowest BCUT2D eigenvalue weighted by atomic mass is 10.3. The van der Waals surface area contributed by atoms with Crippen LogP contribution in [-0.4, -0.2) is 54.3 Å². The Balaban J connectivity index is 1.69. The topological polar surface area (TPSA) is 94.2 Å². The molecule has 0 aliphatic heterocycles. The highest BCUT2D eigenvalue weighted by Crippen LogP contribution is 2.32. The van der Waals surface area contributed by atoms with Crippen molar-refractivity contribution in [3.8, 4) is 11.5 Å². The second-order valence-corrected chi connectivity index (χ2v) is 9.71. The first-order valence-electron chi connectivity index (χ1n) is 11.1. The first kappa shape index (κ1) is 24.9. The normalized spacial score (nSPS) is 14.1. The molecule has 33 heavy (non-hydrogen) atoms. The van der Waals surface area contributed by atoms with Crippen molar-refractivity contribution >= 4 is 21.6 Å². The van der Waals surface area contributed by atoms with Crippen LogP contribution in [0.1, 0.15) is 32.1 Å². The zero-order valence-corrected chi connectivity index (χ0v) is 20.0. The van der Waals surface area contributed by atoms with Crippen LogP contribution < -0.4 is 19.1 Å². The van der Waals surface area contributed by atoms with Crippen LogP contribution in [0.2, 0.25) is 0 Å². The van der Waals surface area contributed by atoms with Crippen LogP contribution in [0.5, 0.6) is 11.5 Å². The maximum Gasteiger partial charge on any atom is 0.264 e. The number of amides is 1. The molecule has 0 atom stereocenters. The summed E-state index contributed by atoms with van der Waals surface area (Å²) in [5.41, 5.74) is 0.395. The highest BCUT2D eigenvalue weighted by Gasteiger charge is 2.28. The summed E-state index contributed by atoms with van der Waals surface area (Å²) in [6, 6.07) is 12.9. The lowest BCUT2D eigenvalue weighted by Crippen LogP contribution is -2.41. The third-order valence-electron chi connectivity index (χ3n) is 5.57. The molecule has 0 radical (unpaired) electrons. The number of rotatable bonds is 12. The molecule has 0 spiro atoms. The zero-order chi connectivity index (χ0) is 23.7. The molecule has 0 bridgehead atoms. The van der Waals surface area contributed by atoms with Gasteiger partial charge in [0.05, 0.1) is 30.9 Å². The van der Waals surface area contributed by atoms with Crippen molar-refractivity contribution in [3.63, 3.8) is 0 Å². The summed E-state index contributed by atoms with van der Waals surface area (Å²) in [5, 5.41) is 2.80. The van der Waals surface area contributed by atoms with Crippen molar-refractivity contribution in [2.24, 2.45) is 0 Å². The van der Waals surface area contributed by atoms with Gasteiger partial charge in [-0.05, 0) is 43.5 Å². The molecule has 0 aromatic heterocycles. The minimum atomic E-state index is -4.04. The summed E-state index contributed by atoms with van der Waals surface area (Å²) in [4.78, 5) is 12.6. The van der Waals surface area contributed by atoms with Gasteiger partial charge in [0.1, 0.15) is 6.54 Å². The molecular formula is C24H32N2O6S. The molecule has 180 valence electrons. The first-order valence-corrected chi connectivity index (χ1v) is 12.6. The predicted octanol–water partition coefficient (Wildman–Crippen LogP) is 3.36. The number of nitrogens with zero attached hydrogens (tertiary/aromatic N) is 1. The van der Waals surface area contributed by atoms with Crippen LogP contribution in [0.4, 0.5) is 5.69 Å². The first-order chi connectivity index (χ1) is 16.0. The summed E-state index contributed by atoms with van der Waals surface area (Å²) in [5.74, 6) is 0.322. The summed E-state index contributed by atoms with van der Waals surface area (Å²) in [6.07, 6.45) is 5.65. The Labute approximate surface area is 195 Å². The average molecular weight is 477 g/mol. The van der Waals surface area contributed by atoms with Crippen molar-refractivity contribution in [3.05, 3.63) is 48.5 Å². The molecule has 0 heterocycles. The van der Waals surface area contributed by atoms with Crippen molar-refractivity contribution in [1.29, 1.82) is 0 Å². The van der Waals surface area contributed by atoms with Gasteiger partial charge in [-0.25, -0.2) is 8.42 Å². The fraction of sp³-hybridized carbons (Fsp3) is 0.458. The van der Waals surface area contributed by atoms with E-state index in [2.05, 4.69) is 5.32 Å². The SMILES string of the molecule is COc1ccc(S(=O)(=O)N(CC(=O)NCCCOC2CCCC2)c2ccccc2)cc1OC. The van der Waals surface area contributed by atoms with Crippen molar-refractivity contribution < 1.29 is 27.4 Å². The fourth-order valence-corrected chi connectivity index (χ4v) is 5.24. The maximum atomic E-state index is 13.5. The van der Waals surface area contributed by atoms with Gasteiger partial charge >= 0.3 is 0 Å². The molecule has 1 amide bonds. The van der Waals surface area contributed by atoms with Gasteiger partial charge in [-0.15, -0.1) is 0 Å². The van der Waals surface area contributed by atoms with Crippen molar-refractivity contribution in [2.45, 2.75) is 43.1 Å². The maximum absolute atomic E-state index is 13.5. The minimum Gasteiger partial charge on any atom is -0.493 e. The molecule has 2 aromatic rings. The highest BCUT2D eigenvalue weighted by atomic mass is 32.2. The van der Waals surface area contributed by atoms with Crippen LogP contribution in [-0.2, 0) is 19.6 Å². The number of nitrogens with one attached hydrogen (secondary N) is 1. The second-order valence-electron chi connectivity index (χ2n) is 7.84. The van der Waals surface area contributed by atoms with Crippen molar-refractivity contribution in [1.82, 2.24) is 5.32 Å². The van der Waals surface area contributed by atoms with Gasteiger partial charge < -0.3 is 19.5 Å². The van der Waals surface area contributed by atoms with Gasteiger partial charge in [0.25, 0.3) is 10.0 Å². The van der Waals surface area contributed by atoms with Gasteiger partial charge in [-0.1, -0.05) is 31.0 Å². The number of carbonyl (C=O) groups excluding carboxylic acids is 1. The fourth-order valence-electron chi connectivity index (χ4n) is 3.80. The van der Waals surface area contributed by atoms with Crippen LogP contribution in [0.3, 0.4) is 0 Å². The van der Waals surface area contributed by atoms with Gasteiger partial charge in [0, 0.05) is 19.2 Å². The van der Waals surface area contributed by atoms with Crippen molar-refractivity contribution in [2.75, 3.05) is 38.2 Å². The Morgan fingerprint density at radius 3 is 2.39 bits per heavy atom. The zero-order valence-electron chi connectivity index (χ0n) is 19.2. The molecule has 0 saturated heterocycles. The van der Waals surface area contributed by atoms with Gasteiger partial charge in [0.15, 0.2) is 11.5 Å². The lowest BCUT2D eigenvalue weighted by molar-refractivity contribution is -0.119. The van der Waals surface area contributed by atoms with E-state index in [4.69, 9.17) is 14.2 Å². The van der Waals surface area contributed by atoms with E-state index in [9.17, 15) is 13.2 Å². The predicted molar refractivity (Wildman–Crippen MR) is 126 cm³/mol. The number of ether oxygens (including phenoxy) is 3. The van der Waals surface area contributed by atoms with Gasteiger partial charge in [-0.3, -0.25) is 9.10 Å². The van der Waals surface area contributed by atoms with E-state index >= 15 is 0 Å². The number of carbonyl (C=O) groups is 1. The second kappa shape index (κ2) is 11.9. The summed E-state index contributed by atoms with van der Waals surface area (Å²) in [7, 11) is -1.13. The Morgan fingerprint density at radius 1 is 1.03 bits per heavy atom. The Hall–Kier alpha value is -2.78. The molecule has 2 aromatic carbocycles. The smallest absolute Gasteiger partial charge is 0.264 e. The molecular weight excluding hydrogens is 444 g/mol. The summed E-state index contributed by atoms with van der Waals surface area (Å²) < 4.78 is 44.3. The van der Waals surface area contributed by atoms with E-state index in [1.807, 2.05) is 0 Å². The van der Waals surface area contributed by atoms with E-state index in [1.54, 1.807) is 30.3 Å². The minimum absolute atomic E-state index is 0.00164. The van der Waals surface area contributed by atoms with Gasteiger partial charge in [-0.2, -0.15) is 0 Å². The van der Waals surface area contributed by atoms with Crippen LogP contribution in [0.15, 0.2) is 53.4 Å². The molecule has 9 heteroatoms. The Kier molecular flexibility index (Phi) is 8.96. The third kappa shape index (κ3) is 6.61. The molecule has 1 aliphatic carbocycles. The number of para-hydroxylation sites is 1. The van der Waals surface area contributed by atoms with Crippen LogP contribution in [0.25, 0.3) is 0 Å². The number of benzene rings is 2. The van der Waals surface area contributed by atoms with Crippen LogP contribution >= 0.6 is 0 Å². The molecule has 1 saturated carbocycles. The molecule has 3 rings (SSSR count). The molecule has 0 unspecified atom stereocenters. The quantitative estimate of drug-likeness (QED) is 0.472. The van der Waals surface area contributed by atoms with E-state index < -0.39 is 10.0 Å². The van der Waals surface area contributed by atoms with E-state index in [0.717, 1.165) is 17.1 Å². The molecule has 8 nitrogen and oxygen atoms in total. The number of methoxy groups -OCH3 is 2. The monoisotopic (exact) mass is 476 g/mol. The van der Waals surface area contributed by atoms with E-state index in [-0.39, 0.29) is 17.3 Å². The molecule has 1 fully saturated rings. The number of sulfonamides is 1. The van der Waals surface area contributed by atoms with E-state index in [0.29, 0.717) is 42.9 Å². The van der Waals surface area contributed by atoms with Crippen LogP contribution in [0, 0.1) is 0 Å². The summed E-state index contributed by atoms with van der Waals surface area (Å²) >= 11 is 0.